The Labute approximate surface area is 147 Å². The molecule has 132 valence electrons. The second kappa shape index (κ2) is 6.86. The first-order chi connectivity index (χ1) is 12.2. The monoisotopic (exact) mass is 340 g/mol. The molecule has 1 amide bonds. The fourth-order valence-electron chi connectivity index (χ4n) is 3.50. The van der Waals surface area contributed by atoms with Crippen molar-refractivity contribution >= 4 is 5.91 Å². The van der Waals surface area contributed by atoms with Gasteiger partial charge in [-0.1, -0.05) is 18.6 Å². The van der Waals surface area contributed by atoms with Crippen LogP contribution < -0.4 is 10.1 Å². The Hall–Kier alpha value is -2.37. The van der Waals surface area contributed by atoms with Crippen molar-refractivity contribution in [2.75, 3.05) is 6.61 Å². The Kier molecular flexibility index (Phi) is 4.42. The fourth-order valence-corrected chi connectivity index (χ4v) is 3.50. The van der Waals surface area contributed by atoms with E-state index in [2.05, 4.69) is 21.6 Å². The maximum atomic E-state index is 12.3. The van der Waals surface area contributed by atoms with Crippen LogP contribution in [0.25, 0.3) is 0 Å². The minimum atomic E-state index is 0.00451. The molecule has 2 aliphatic rings. The van der Waals surface area contributed by atoms with Gasteiger partial charge in [-0.2, -0.15) is 0 Å². The number of fused-ring (bicyclic) bond motifs is 1. The van der Waals surface area contributed by atoms with E-state index in [1.54, 1.807) is 0 Å². The lowest BCUT2D eigenvalue weighted by atomic mass is 9.85. The van der Waals surface area contributed by atoms with Crippen LogP contribution in [-0.4, -0.2) is 27.3 Å². The molecule has 1 fully saturated rings. The first-order valence-electron chi connectivity index (χ1n) is 9.10. The van der Waals surface area contributed by atoms with Crippen molar-refractivity contribution in [3.63, 3.8) is 0 Å². The predicted octanol–water partition coefficient (Wildman–Crippen LogP) is 2.27. The summed E-state index contributed by atoms with van der Waals surface area (Å²) < 4.78 is 7.65. The minimum Gasteiger partial charge on any atom is -0.493 e. The number of nitrogens with zero attached hydrogens (tertiary/aromatic N) is 3. The molecule has 1 aliphatic heterocycles. The number of hydrogen-bond acceptors (Lipinski definition) is 4. The van der Waals surface area contributed by atoms with Gasteiger partial charge >= 0.3 is 0 Å². The van der Waals surface area contributed by atoms with Gasteiger partial charge in [0.15, 0.2) is 5.82 Å². The van der Waals surface area contributed by atoms with Crippen molar-refractivity contribution in [2.24, 2.45) is 7.05 Å². The Morgan fingerprint density at radius 2 is 2.20 bits per heavy atom. The van der Waals surface area contributed by atoms with Gasteiger partial charge in [0.2, 0.25) is 5.91 Å². The molecule has 2 heterocycles. The summed E-state index contributed by atoms with van der Waals surface area (Å²) in [6.07, 6.45) is 6.10. The van der Waals surface area contributed by atoms with E-state index in [9.17, 15) is 4.79 Å². The van der Waals surface area contributed by atoms with E-state index in [4.69, 9.17) is 4.74 Å². The number of benzene rings is 1. The molecule has 1 N–H and O–H groups in total. The zero-order valence-corrected chi connectivity index (χ0v) is 14.6. The smallest absolute Gasteiger partial charge is 0.224 e. The van der Waals surface area contributed by atoms with E-state index in [0.717, 1.165) is 42.4 Å². The first-order valence-corrected chi connectivity index (χ1v) is 9.10. The lowest BCUT2D eigenvalue weighted by Gasteiger charge is -2.24. The number of carbonyl (C=O) groups excluding carboxylic acids is 1. The van der Waals surface area contributed by atoms with Gasteiger partial charge in [0.1, 0.15) is 11.6 Å². The second-order valence-electron chi connectivity index (χ2n) is 7.01. The predicted molar refractivity (Wildman–Crippen MR) is 93.4 cm³/mol. The van der Waals surface area contributed by atoms with Crippen molar-refractivity contribution in [2.45, 2.75) is 51.0 Å². The molecular formula is C19H24N4O2. The van der Waals surface area contributed by atoms with Crippen LogP contribution in [0.4, 0.5) is 0 Å². The molecule has 0 saturated heterocycles. The van der Waals surface area contributed by atoms with Gasteiger partial charge in [-0.3, -0.25) is 4.79 Å². The summed E-state index contributed by atoms with van der Waals surface area (Å²) in [4.78, 5) is 12.3. The van der Waals surface area contributed by atoms with E-state index in [1.807, 2.05) is 23.7 Å². The number of nitrogens with one attached hydrogen (secondary N) is 1. The van der Waals surface area contributed by atoms with Gasteiger partial charge < -0.3 is 14.6 Å². The summed E-state index contributed by atoms with van der Waals surface area (Å²) >= 11 is 0. The highest BCUT2D eigenvalue weighted by molar-refractivity contribution is 5.78. The average Bonchev–Trinajstić information content (AvgIpc) is 2.92. The second-order valence-corrected chi connectivity index (χ2v) is 7.01. The van der Waals surface area contributed by atoms with Crippen LogP contribution >= 0.6 is 0 Å². The van der Waals surface area contributed by atoms with Gasteiger partial charge in [-0.25, -0.2) is 0 Å². The van der Waals surface area contributed by atoms with Gasteiger partial charge in [-0.15, -0.1) is 10.2 Å². The number of amides is 1. The molecule has 6 nitrogen and oxygen atoms in total. The third kappa shape index (κ3) is 3.38. The molecule has 1 aromatic carbocycles. The van der Waals surface area contributed by atoms with Gasteiger partial charge in [0.05, 0.1) is 19.6 Å². The third-order valence-corrected chi connectivity index (χ3v) is 5.25. The zero-order valence-electron chi connectivity index (χ0n) is 14.6. The molecule has 2 aromatic rings. The maximum Gasteiger partial charge on any atom is 0.224 e. The van der Waals surface area contributed by atoms with Crippen LogP contribution in [0, 0.1) is 0 Å². The van der Waals surface area contributed by atoms with Crippen molar-refractivity contribution < 1.29 is 9.53 Å². The molecule has 4 rings (SSSR count). The molecule has 1 aromatic heterocycles. The topological polar surface area (TPSA) is 69.0 Å². The molecule has 0 atom stereocenters. The van der Waals surface area contributed by atoms with Crippen LogP contribution in [0.1, 0.15) is 54.4 Å². The molecule has 1 aliphatic carbocycles. The zero-order chi connectivity index (χ0) is 17.2. The number of rotatable bonds is 5. The third-order valence-electron chi connectivity index (χ3n) is 5.25. The number of ether oxygens (including phenoxy) is 1. The van der Waals surface area contributed by atoms with E-state index in [-0.39, 0.29) is 5.91 Å². The molecule has 0 radical (unpaired) electrons. The lowest BCUT2D eigenvalue weighted by molar-refractivity contribution is -0.120. The highest BCUT2D eigenvalue weighted by Crippen LogP contribution is 2.35. The van der Waals surface area contributed by atoms with E-state index >= 15 is 0 Å². The normalized spacial score (nSPS) is 16.7. The number of carbonyl (C=O) groups is 1. The minimum absolute atomic E-state index is 0.00451. The molecule has 0 spiro atoms. The van der Waals surface area contributed by atoms with Crippen LogP contribution in [-0.2, 0) is 31.2 Å². The first kappa shape index (κ1) is 16.1. The van der Waals surface area contributed by atoms with E-state index < -0.39 is 0 Å². The highest BCUT2D eigenvalue weighted by Gasteiger charge is 2.25. The summed E-state index contributed by atoms with van der Waals surface area (Å²) in [5.41, 5.74) is 2.23. The number of aryl methyl sites for hydroxylation is 1. The summed E-state index contributed by atoms with van der Waals surface area (Å²) in [7, 11) is 1.98. The highest BCUT2D eigenvalue weighted by atomic mass is 16.5. The van der Waals surface area contributed by atoms with E-state index in [1.165, 1.54) is 24.8 Å². The van der Waals surface area contributed by atoms with Crippen LogP contribution in [0.5, 0.6) is 5.75 Å². The Bertz CT molecular complexity index is 780. The fraction of sp³-hybridized carbons (Fsp3) is 0.526. The molecule has 6 heteroatoms. The summed E-state index contributed by atoms with van der Waals surface area (Å²) in [6, 6.07) is 6.04. The Balaban J connectivity index is 1.34. The lowest BCUT2D eigenvalue weighted by Crippen LogP contribution is -2.26. The molecule has 25 heavy (non-hydrogen) atoms. The molecular weight excluding hydrogens is 316 g/mol. The summed E-state index contributed by atoms with van der Waals surface area (Å²) in [5, 5.41) is 11.5. The van der Waals surface area contributed by atoms with Crippen LogP contribution in [0.3, 0.4) is 0 Å². The molecule has 0 bridgehead atoms. The van der Waals surface area contributed by atoms with Crippen molar-refractivity contribution in [3.05, 3.63) is 41.0 Å². The Morgan fingerprint density at radius 3 is 3.00 bits per heavy atom. The standard InChI is InChI=1S/C19H24N4O2/c1-23-17(21-22-19(23)14-4-2-5-14)12-20-18(24)11-13-7-8-16-15(10-13)6-3-9-25-16/h7-8,10,14H,2-6,9,11-12H2,1H3,(H,20,24). The van der Waals surface area contributed by atoms with E-state index in [0.29, 0.717) is 18.9 Å². The van der Waals surface area contributed by atoms with Crippen LogP contribution in [0.2, 0.25) is 0 Å². The number of aromatic nitrogens is 3. The van der Waals surface area contributed by atoms with Crippen molar-refractivity contribution in [1.29, 1.82) is 0 Å². The SMILES string of the molecule is Cn1c(CNC(=O)Cc2ccc3c(c2)CCCO3)nnc1C1CCC1. The van der Waals surface area contributed by atoms with Gasteiger partial charge in [0, 0.05) is 13.0 Å². The Morgan fingerprint density at radius 1 is 1.32 bits per heavy atom. The molecule has 0 unspecified atom stereocenters. The average molecular weight is 340 g/mol. The maximum absolute atomic E-state index is 12.3. The van der Waals surface area contributed by atoms with Crippen LogP contribution in [0.15, 0.2) is 18.2 Å². The quantitative estimate of drug-likeness (QED) is 0.906. The van der Waals surface area contributed by atoms with Crippen molar-refractivity contribution in [3.8, 4) is 5.75 Å². The number of hydrogen-bond donors (Lipinski definition) is 1. The van der Waals surface area contributed by atoms with Gasteiger partial charge in [0.25, 0.3) is 0 Å². The largest absolute Gasteiger partial charge is 0.493 e. The van der Waals surface area contributed by atoms with Gasteiger partial charge in [-0.05, 0) is 42.9 Å². The molecule has 1 saturated carbocycles. The summed E-state index contributed by atoms with van der Waals surface area (Å²) in [5.74, 6) is 3.36. The van der Waals surface area contributed by atoms with Crippen molar-refractivity contribution in [1.82, 2.24) is 20.1 Å². The summed E-state index contributed by atoms with van der Waals surface area (Å²) in [6.45, 7) is 1.20.